The summed E-state index contributed by atoms with van der Waals surface area (Å²) in [5.41, 5.74) is 6.09. The first kappa shape index (κ1) is 34.1. The topological polar surface area (TPSA) is 128 Å². The van der Waals surface area contributed by atoms with E-state index in [1.54, 1.807) is 12.3 Å². The van der Waals surface area contributed by atoms with Crippen LogP contribution in [0.1, 0.15) is 42.0 Å². The second kappa shape index (κ2) is 13.6. The van der Waals surface area contributed by atoms with E-state index in [4.69, 9.17) is 37.6 Å². The molecule has 0 saturated carbocycles. The van der Waals surface area contributed by atoms with E-state index in [0.717, 1.165) is 42.4 Å². The third-order valence-corrected chi connectivity index (χ3v) is 11.7. The van der Waals surface area contributed by atoms with Gasteiger partial charge in [-0.15, -0.1) is 0 Å². The van der Waals surface area contributed by atoms with Crippen LogP contribution in [0.5, 0.6) is 0 Å². The number of halogens is 3. The molecule has 10 nitrogen and oxygen atoms in total. The van der Waals surface area contributed by atoms with E-state index < -0.39 is 17.7 Å². The van der Waals surface area contributed by atoms with E-state index in [-0.39, 0.29) is 23.6 Å². The van der Waals surface area contributed by atoms with Gasteiger partial charge in [0.05, 0.1) is 33.3 Å². The van der Waals surface area contributed by atoms with Gasteiger partial charge in [-0.05, 0) is 79.3 Å². The number of carbonyl (C=O) groups is 1. The van der Waals surface area contributed by atoms with Crippen LogP contribution in [0.25, 0.3) is 44.6 Å². The molecule has 3 atom stereocenters. The number of pyridine rings is 2. The van der Waals surface area contributed by atoms with Gasteiger partial charge in [-0.1, -0.05) is 47.5 Å². The zero-order valence-electron chi connectivity index (χ0n) is 28.5. The molecular weight excluding hydrogens is 718 g/mol. The fourth-order valence-electron chi connectivity index (χ4n) is 8.21. The number of carboxylic acids is 1. The first-order chi connectivity index (χ1) is 25.7. The predicted molar refractivity (Wildman–Crippen MR) is 202 cm³/mol. The Labute approximate surface area is 314 Å². The second-order valence-electron chi connectivity index (χ2n) is 14.2. The van der Waals surface area contributed by atoms with Gasteiger partial charge >= 0.3 is 5.97 Å². The maximum atomic E-state index is 16.0. The minimum atomic E-state index is -0.790. The number of aliphatic hydroxyl groups is 1. The summed E-state index contributed by atoms with van der Waals surface area (Å²) < 4.78 is 22.1. The normalized spacial score (nSPS) is 20.5. The molecule has 0 radical (unpaired) electrons. The van der Waals surface area contributed by atoms with Gasteiger partial charge in [-0.3, -0.25) is 19.6 Å². The third-order valence-electron chi connectivity index (χ3n) is 10.9. The predicted octanol–water partition coefficient (Wildman–Crippen LogP) is 8.25. The minimum Gasteiger partial charge on any atom is -0.481 e. The second-order valence-corrected chi connectivity index (χ2v) is 15.0. The summed E-state index contributed by atoms with van der Waals surface area (Å²) in [6.45, 7) is 3.35. The molecule has 0 spiro atoms. The quantitative estimate of drug-likeness (QED) is 0.140. The van der Waals surface area contributed by atoms with Crippen molar-refractivity contribution in [2.75, 3.05) is 31.5 Å². The Morgan fingerprint density at radius 1 is 0.981 bits per heavy atom. The fraction of sp³-hybridized carbons (Fsp3) is 0.300. The summed E-state index contributed by atoms with van der Waals surface area (Å²) in [6.07, 6.45) is 5.93. The molecule has 53 heavy (non-hydrogen) atoms. The van der Waals surface area contributed by atoms with Crippen LogP contribution in [0.3, 0.4) is 0 Å². The van der Waals surface area contributed by atoms with Crippen molar-refractivity contribution >= 4 is 62.7 Å². The molecule has 2 saturated heterocycles. The number of nitrogens with zero attached hydrogens (tertiary/aromatic N) is 5. The van der Waals surface area contributed by atoms with Crippen molar-refractivity contribution in [1.82, 2.24) is 24.8 Å². The number of fused-ring (bicyclic) bond motifs is 3. The standard InChI is InChI=1S/C40H35Cl2FN6O4/c41-33-25(26-4-2-6-30(34(26)42)46-38-36-22(9-12-44-38)15-21(17-45-36)18-48-13-11-24(50)20-48)3-1-5-28(33)39-47-31-16-29-27(35(43)37(31)53-39)7-8-32(29)49-14-10-23(19-49)40(51)52/h1-6,9,12,15-17,23-24,32,50H,7-8,10-11,13-14,18-20H2,(H,44,46)(H,51,52)/t23-,24-,32-/m1/s1. The molecule has 3 N–H and O–H groups in total. The molecule has 3 aliphatic rings. The van der Waals surface area contributed by atoms with Crippen molar-refractivity contribution in [3.8, 4) is 22.6 Å². The van der Waals surface area contributed by atoms with Crippen LogP contribution in [-0.4, -0.2) is 73.2 Å². The molecule has 2 aliphatic heterocycles. The van der Waals surface area contributed by atoms with E-state index in [0.29, 0.717) is 87.3 Å². The molecule has 6 aromatic rings. The number of carboxylic acid groups (broad SMARTS) is 1. The van der Waals surface area contributed by atoms with Crippen LogP contribution in [0.2, 0.25) is 10.0 Å². The van der Waals surface area contributed by atoms with Crippen molar-refractivity contribution in [3.63, 3.8) is 0 Å². The first-order valence-electron chi connectivity index (χ1n) is 17.8. The zero-order chi connectivity index (χ0) is 36.4. The highest BCUT2D eigenvalue weighted by molar-refractivity contribution is 6.39. The SMILES string of the molecule is O=C(O)[C@@H]1CCN([C@@H]2CCc3c2cc2nc(-c4cccc(-c5cccc(Nc6nccc7cc(CN8CC[C@@H](O)C8)cnc67)c5Cl)c4Cl)oc2c3F)C1. The van der Waals surface area contributed by atoms with E-state index >= 15 is 4.39 Å². The number of nitrogens with one attached hydrogen (secondary N) is 1. The van der Waals surface area contributed by atoms with E-state index in [2.05, 4.69) is 26.2 Å². The first-order valence-corrected chi connectivity index (χ1v) is 18.5. The van der Waals surface area contributed by atoms with E-state index in [1.165, 1.54) is 0 Å². The lowest BCUT2D eigenvalue weighted by atomic mass is 10.0. The Bertz CT molecular complexity index is 2420. The molecular formula is C40H35Cl2FN6O4. The van der Waals surface area contributed by atoms with Gasteiger partial charge in [0, 0.05) is 61.1 Å². The number of aromatic nitrogens is 3. The van der Waals surface area contributed by atoms with Crippen LogP contribution in [0.4, 0.5) is 15.9 Å². The fourth-order valence-corrected chi connectivity index (χ4v) is 8.79. The number of rotatable bonds is 8. The van der Waals surface area contributed by atoms with Crippen molar-refractivity contribution in [2.24, 2.45) is 5.92 Å². The third kappa shape index (κ3) is 6.20. The monoisotopic (exact) mass is 752 g/mol. The Balaban J connectivity index is 1.00. The largest absolute Gasteiger partial charge is 0.481 e. The van der Waals surface area contributed by atoms with Crippen molar-refractivity contribution in [2.45, 2.75) is 44.4 Å². The number of likely N-dealkylation sites (tertiary alicyclic amines) is 2. The van der Waals surface area contributed by atoms with Crippen molar-refractivity contribution in [3.05, 3.63) is 99.5 Å². The maximum absolute atomic E-state index is 16.0. The zero-order valence-corrected chi connectivity index (χ0v) is 30.0. The van der Waals surface area contributed by atoms with Crippen molar-refractivity contribution < 1.29 is 23.8 Å². The molecule has 0 unspecified atom stereocenters. The van der Waals surface area contributed by atoms with Crippen LogP contribution in [0, 0.1) is 11.7 Å². The number of anilines is 2. The summed E-state index contributed by atoms with van der Waals surface area (Å²) in [5.74, 6) is -0.885. The average molecular weight is 754 g/mol. The molecule has 270 valence electrons. The number of β-amino-alcohol motifs (C(OH)–C–C–N with tert-alkyl or cyclic N) is 1. The number of aliphatic hydroxyl groups excluding tert-OH is 1. The summed E-state index contributed by atoms with van der Waals surface area (Å²) in [4.78, 5) is 30.0. The Morgan fingerprint density at radius 2 is 1.79 bits per heavy atom. The summed E-state index contributed by atoms with van der Waals surface area (Å²) in [7, 11) is 0. The summed E-state index contributed by atoms with van der Waals surface area (Å²) in [6, 6.07) is 16.9. The lowest BCUT2D eigenvalue weighted by molar-refractivity contribution is -0.141. The number of aliphatic carboxylic acids is 1. The van der Waals surface area contributed by atoms with Gasteiger partial charge < -0.3 is 19.9 Å². The lowest BCUT2D eigenvalue weighted by Crippen LogP contribution is -2.26. The molecule has 3 aromatic heterocycles. The molecule has 0 amide bonds. The van der Waals surface area contributed by atoms with Gasteiger partial charge in [-0.25, -0.2) is 14.4 Å². The van der Waals surface area contributed by atoms with Gasteiger partial charge in [0.1, 0.15) is 11.0 Å². The van der Waals surface area contributed by atoms with Crippen LogP contribution >= 0.6 is 23.2 Å². The molecule has 0 bridgehead atoms. The molecule has 13 heteroatoms. The van der Waals surface area contributed by atoms with E-state index in [1.807, 2.05) is 48.7 Å². The van der Waals surface area contributed by atoms with Gasteiger partial charge in [0.25, 0.3) is 0 Å². The van der Waals surface area contributed by atoms with Gasteiger partial charge in [-0.2, -0.15) is 0 Å². The molecule has 1 aliphatic carbocycles. The molecule has 2 fully saturated rings. The Kier molecular flexibility index (Phi) is 8.79. The number of hydrogen-bond acceptors (Lipinski definition) is 9. The number of oxazole rings is 1. The highest BCUT2D eigenvalue weighted by Crippen LogP contribution is 2.45. The van der Waals surface area contributed by atoms with Gasteiger partial charge in [0.15, 0.2) is 17.2 Å². The maximum Gasteiger partial charge on any atom is 0.307 e. The Morgan fingerprint density at radius 3 is 2.58 bits per heavy atom. The number of hydrogen-bond donors (Lipinski definition) is 3. The summed E-state index contributed by atoms with van der Waals surface area (Å²) in [5, 5.41) is 24.5. The molecule has 5 heterocycles. The van der Waals surface area contributed by atoms with Crippen LogP contribution in [-0.2, 0) is 17.8 Å². The lowest BCUT2D eigenvalue weighted by Gasteiger charge is -2.24. The molecule has 3 aromatic carbocycles. The van der Waals surface area contributed by atoms with Crippen molar-refractivity contribution in [1.29, 1.82) is 0 Å². The average Bonchev–Trinajstić information content (AvgIpc) is 3.97. The number of benzene rings is 3. The van der Waals surface area contributed by atoms with Crippen LogP contribution in [0.15, 0.2) is 71.4 Å². The van der Waals surface area contributed by atoms with E-state index in [9.17, 15) is 15.0 Å². The Hall–Kier alpha value is -4.65. The van der Waals surface area contributed by atoms with Gasteiger partial charge in [0.2, 0.25) is 5.89 Å². The van der Waals surface area contributed by atoms with Crippen LogP contribution < -0.4 is 5.32 Å². The highest BCUT2D eigenvalue weighted by atomic mass is 35.5. The molecule has 9 rings (SSSR count). The smallest absolute Gasteiger partial charge is 0.307 e. The minimum absolute atomic E-state index is 0.0590. The highest BCUT2D eigenvalue weighted by Gasteiger charge is 2.38. The summed E-state index contributed by atoms with van der Waals surface area (Å²) >= 11 is 14.1.